The van der Waals surface area contributed by atoms with E-state index >= 15 is 0 Å². The molecule has 0 spiro atoms. The second-order valence-electron chi connectivity index (χ2n) is 5.68. The zero-order valence-corrected chi connectivity index (χ0v) is 13.3. The van der Waals surface area contributed by atoms with Gasteiger partial charge in [-0.25, -0.2) is 13.1 Å². The lowest BCUT2D eigenvalue weighted by Crippen LogP contribution is -2.38. The Kier molecular flexibility index (Phi) is 4.33. The van der Waals surface area contributed by atoms with Crippen molar-refractivity contribution in [3.05, 3.63) is 21.9 Å². The molecule has 1 aliphatic heterocycles. The van der Waals surface area contributed by atoms with Gasteiger partial charge in [0.1, 0.15) is 0 Å². The van der Waals surface area contributed by atoms with E-state index in [0.29, 0.717) is 17.4 Å². The maximum atomic E-state index is 12.2. The summed E-state index contributed by atoms with van der Waals surface area (Å²) in [6, 6.07) is 1.92. The molecule has 3 rings (SSSR count). The highest BCUT2D eigenvalue weighted by Crippen LogP contribution is 2.43. The van der Waals surface area contributed by atoms with E-state index in [9.17, 15) is 13.2 Å². The van der Waals surface area contributed by atoms with Crippen LogP contribution in [0.5, 0.6) is 0 Å². The van der Waals surface area contributed by atoms with Crippen molar-refractivity contribution in [2.24, 2.45) is 0 Å². The van der Waals surface area contributed by atoms with E-state index in [1.54, 1.807) is 0 Å². The molecule has 1 saturated carbocycles. The van der Waals surface area contributed by atoms with Gasteiger partial charge >= 0.3 is 0 Å². The molecule has 0 unspecified atom stereocenters. The van der Waals surface area contributed by atoms with Crippen molar-refractivity contribution in [2.75, 3.05) is 12.4 Å². The lowest BCUT2D eigenvalue weighted by Gasteiger charge is -2.22. The predicted molar refractivity (Wildman–Crippen MR) is 81.1 cm³/mol. The minimum atomic E-state index is -3.65. The molecule has 1 amide bonds. The van der Waals surface area contributed by atoms with Gasteiger partial charge in [-0.05, 0) is 55.0 Å². The van der Waals surface area contributed by atoms with Gasteiger partial charge in [-0.15, -0.1) is 11.3 Å². The largest absolute Gasteiger partial charge is 0.377 e. The average Bonchev–Trinajstić information content (AvgIpc) is 3.15. The van der Waals surface area contributed by atoms with Crippen LogP contribution in [0.2, 0.25) is 0 Å². The highest BCUT2D eigenvalue weighted by atomic mass is 32.2. The van der Waals surface area contributed by atoms with Gasteiger partial charge in [0.05, 0.1) is 16.7 Å². The summed E-state index contributed by atoms with van der Waals surface area (Å²) in [5, 5.41) is 1.85. The lowest BCUT2D eigenvalue weighted by atomic mass is 10.1. The van der Waals surface area contributed by atoms with Crippen LogP contribution in [0, 0.1) is 0 Å². The molecule has 7 heteroatoms. The van der Waals surface area contributed by atoms with Crippen LogP contribution in [0.1, 0.15) is 53.3 Å². The number of carbonyl (C=O) groups excluding carboxylic acids is 1. The third-order valence-electron chi connectivity index (χ3n) is 3.85. The summed E-state index contributed by atoms with van der Waals surface area (Å²) in [7, 11) is -3.65. The van der Waals surface area contributed by atoms with Gasteiger partial charge in [-0.3, -0.25) is 4.79 Å². The van der Waals surface area contributed by atoms with Crippen LogP contribution in [-0.4, -0.2) is 32.8 Å². The fourth-order valence-electron chi connectivity index (χ4n) is 2.63. The standard InChI is InChI=1S/C14H19NO4S2/c16-14(13-12(6-8-20-13)10-4-5-10)15-21(17,18)9-11-3-1-2-7-19-11/h6,8,10-11H,1-5,7,9H2,(H,15,16)/t11-/m0/s1. The number of hydrogen-bond acceptors (Lipinski definition) is 5. The van der Waals surface area contributed by atoms with Gasteiger partial charge in [0.25, 0.3) is 5.91 Å². The van der Waals surface area contributed by atoms with Gasteiger partial charge < -0.3 is 4.74 Å². The van der Waals surface area contributed by atoms with Gasteiger partial charge in [0.2, 0.25) is 10.0 Å². The zero-order chi connectivity index (χ0) is 14.9. The van der Waals surface area contributed by atoms with Gasteiger partial charge in [0.15, 0.2) is 0 Å². The second kappa shape index (κ2) is 6.06. The van der Waals surface area contributed by atoms with E-state index in [4.69, 9.17) is 4.74 Å². The molecule has 1 aromatic rings. The molecule has 1 atom stereocenters. The fourth-order valence-corrected chi connectivity index (χ4v) is 4.80. The van der Waals surface area contributed by atoms with Crippen molar-refractivity contribution in [3.63, 3.8) is 0 Å². The van der Waals surface area contributed by atoms with Crippen LogP contribution in [0.25, 0.3) is 0 Å². The summed E-state index contributed by atoms with van der Waals surface area (Å²) >= 11 is 1.31. The summed E-state index contributed by atoms with van der Waals surface area (Å²) in [6.07, 6.45) is 4.56. The Morgan fingerprint density at radius 1 is 1.33 bits per heavy atom. The third-order valence-corrected chi connectivity index (χ3v) is 6.08. The quantitative estimate of drug-likeness (QED) is 0.899. The maximum absolute atomic E-state index is 12.2. The van der Waals surface area contributed by atoms with Crippen molar-refractivity contribution >= 4 is 27.3 Å². The van der Waals surface area contributed by atoms with Gasteiger partial charge in [0, 0.05) is 6.61 Å². The van der Waals surface area contributed by atoms with Crippen LogP contribution in [0.4, 0.5) is 0 Å². The Morgan fingerprint density at radius 2 is 2.14 bits per heavy atom. The molecule has 1 N–H and O–H groups in total. The third kappa shape index (κ3) is 3.84. The molecule has 5 nitrogen and oxygen atoms in total. The molecule has 0 bridgehead atoms. The number of thiophene rings is 1. The number of hydrogen-bond donors (Lipinski definition) is 1. The van der Waals surface area contributed by atoms with Crippen LogP contribution in [0.15, 0.2) is 11.4 Å². The van der Waals surface area contributed by atoms with E-state index in [0.717, 1.165) is 37.7 Å². The minimum absolute atomic E-state index is 0.136. The molecule has 0 aromatic carbocycles. The molecule has 21 heavy (non-hydrogen) atoms. The van der Waals surface area contributed by atoms with Crippen molar-refractivity contribution in [3.8, 4) is 0 Å². The number of rotatable bonds is 5. The van der Waals surface area contributed by atoms with Crippen molar-refractivity contribution in [1.29, 1.82) is 0 Å². The molecule has 1 saturated heterocycles. The number of sulfonamides is 1. The molecule has 1 aliphatic carbocycles. The summed E-state index contributed by atoms with van der Waals surface area (Å²) in [5.74, 6) is -0.202. The average molecular weight is 329 g/mol. The SMILES string of the molecule is O=C(NS(=O)(=O)C[C@@H]1CCCCO1)c1sccc1C1CC1. The van der Waals surface area contributed by atoms with Gasteiger partial charge in [-0.1, -0.05) is 0 Å². The predicted octanol–water partition coefficient (Wildman–Crippen LogP) is 2.25. The highest BCUT2D eigenvalue weighted by Gasteiger charge is 2.31. The molecule has 2 aliphatic rings. The Morgan fingerprint density at radius 3 is 2.81 bits per heavy atom. The van der Waals surface area contributed by atoms with E-state index in [2.05, 4.69) is 4.72 Å². The summed E-state index contributed by atoms with van der Waals surface area (Å²) in [5.41, 5.74) is 0.988. The molecular formula is C14H19NO4S2. The van der Waals surface area contributed by atoms with E-state index < -0.39 is 15.9 Å². The molecule has 0 radical (unpaired) electrons. The summed E-state index contributed by atoms with van der Waals surface area (Å²) < 4.78 is 31.8. The first-order chi connectivity index (χ1) is 10.1. The molecule has 1 aromatic heterocycles. The first-order valence-corrected chi connectivity index (χ1v) is 9.82. The van der Waals surface area contributed by atoms with Crippen LogP contribution >= 0.6 is 11.3 Å². The molecule has 2 heterocycles. The maximum Gasteiger partial charge on any atom is 0.275 e. The van der Waals surface area contributed by atoms with Crippen LogP contribution in [0.3, 0.4) is 0 Å². The topological polar surface area (TPSA) is 72.5 Å². The number of carbonyl (C=O) groups is 1. The Labute approximate surface area is 128 Å². The molecule has 116 valence electrons. The van der Waals surface area contributed by atoms with Crippen molar-refractivity contribution in [1.82, 2.24) is 4.72 Å². The number of nitrogens with one attached hydrogen (secondary N) is 1. The van der Waals surface area contributed by atoms with E-state index in [1.807, 2.05) is 11.4 Å². The van der Waals surface area contributed by atoms with Crippen LogP contribution < -0.4 is 4.72 Å². The van der Waals surface area contributed by atoms with Crippen molar-refractivity contribution < 1.29 is 17.9 Å². The highest BCUT2D eigenvalue weighted by molar-refractivity contribution is 7.90. The Balaban J connectivity index is 1.63. The molecule has 2 fully saturated rings. The smallest absolute Gasteiger partial charge is 0.275 e. The monoisotopic (exact) mass is 329 g/mol. The molecular weight excluding hydrogens is 310 g/mol. The van der Waals surface area contributed by atoms with Crippen LogP contribution in [-0.2, 0) is 14.8 Å². The first kappa shape index (κ1) is 15.0. The second-order valence-corrected chi connectivity index (χ2v) is 8.36. The summed E-state index contributed by atoms with van der Waals surface area (Å²) in [4.78, 5) is 12.7. The van der Waals surface area contributed by atoms with E-state index in [1.165, 1.54) is 11.3 Å². The Hall–Kier alpha value is -0.920. The van der Waals surface area contributed by atoms with E-state index in [-0.39, 0.29) is 11.9 Å². The normalized spacial score (nSPS) is 23.0. The lowest BCUT2D eigenvalue weighted by molar-refractivity contribution is 0.0304. The Bertz CT molecular complexity index is 613. The zero-order valence-electron chi connectivity index (χ0n) is 11.7. The number of ether oxygens (including phenoxy) is 1. The summed E-state index contributed by atoms with van der Waals surface area (Å²) in [6.45, 7) is 0.602. The van der Waals surface area contributed by atoms with Gasteiger partial charge in [-0.2, -0.15) is 0 Å². The minimum Gasteiger partial charge on any atom is -0.377 e. The van der Waals surface area contributed by atoms with Crippen molar-refractivity contribution in [2.45, 2.75) is 44.1 Å². The fraction of sp³-hybridized carbons (Fsp3) is 0.643. The number of amides is 1. The first-order valence-electron chi connectivity index (χ1n) is 7.29.